The van der Waals surface area contributed by atoms with Crippen molar-refractivity contribution in [3.05, 3.63) is 46.7 Å². The van der Waals surface area contributed by atoms with Crippen molar-refractivity contribution in [1.82, 2.24) is 9.55 Å². The molecule has 116 valence electrons. The lowest BCUT2D eigenvalue weighted by Gasteiger charge is -2.12. The molecule has 6 heteroatoms. The molecule has 0 amide bonds. The predicted molar refractivity (Wildman–Crippen MR) is 95.5 cm³/mol. The van der Waals surface area contributed by atoms with Crippen LogP contribution in [0.25, 0.3) is 0 Å². The smallest absolute Gasteiger partial charge is 0.168 e. The third-order valence-electron chi connectivity index (χ3n) is 2.97. The number of aryl methyl sites for hydroxylation is 1. The van der Waals surface area contributed by atoms with Crippen molar-refractivity contribution in [3.63, 3.8) is 0 Å². The quantitative estimate of drug-likeness (QED) is 0.490. The maximum absolute atomic E-state index is 6.26. The number of rotatable bonds is 7. The summed E-state index contributed by atoms with van der Waals surface area (Å²) in [6.07, 6.45) is 3.89. The summed E-state index contributed by atoms with van der Waals surface area (Å²) in [4.78, 5) is 4.52. The molecule has 2 nitrogen and oxygen atoms in total. The van der Waals surface area contributed by atoms with Crippen molar-refractivity contribution in [2.45, 2.75) is 31.5 Å². The number of nitrogens with zero attached hydrogens (tertiary/aromatic N) is 2. The van der Waals surface area contributed by atoms with Crippen molar-refractivity contribution < 1.29 is 0 Å². The summed E-state index contributed by atoms with van der Waals surface area (Å²) in [6.45, 7) is 2.92. The monoisotopic (exact) mass is 364 g/mol. The maximum Gasteiger partial charge on any atom is 0.168 e. The van der Waals surface area contributed by atoms with Crippen LogP contribution in [-0.4, -0.2) is 21.2 Å². The molecule has 0 saturated heterocycles. The Hall–Kier alpha value is -0.350. The molecular formula is C15H19Cl3N2S. The minimum absolute atomic E-state index is 0. The van der Waals surface area contributed by atoms with Crippen LogP contribution in [0.2, 0.25) is 5.02 Å². The number of alkyl halides is 1. The fraction of sp³-hybridized carbons (Fsp3) is 0.400. The van der Waals surface area contributed by atoms with Gasteiger partial charge in [-0.3, -0.25) is 0 Å². The van der Waals surface area contributed by atoms with E-state index in [1.165, 1.54) is 5.69 Å². The van der Waals surface area contributed by atoms with Gasteiger partial charge in [-0.1, -0.05) is 48.5 Å². The van der Waals surface area contributed by atoms with Crippen LogP contribution in [0.4, 0.5) is 0 Å². The van der Waals surface area contributed by atoms with Gasteiger partial charge in [-0.2, -0.15) is 0 Å². The van der Waals surface area contributed by atoms with E-state index in [1.54, 1.807) is 11.8 Å². The Labute approximate surface area is 146 Å². The molecule has 0 saturated carbocycles. The Morgan fingerprint density at radius 1 is 1.29 bits per heavy atom. The summed E-state index contributed by atoms with van der Waals surface area (Å²) in [5.41, 5.74) is 2.28. The lowest BCUT2D eigenvalue weighted by atomic mass is 10.2. The molecule has 0 aliphatic carbocycles. The van der Waals surface area contributed by atoms with Gasteiger partial charge in [-0.25, -0.2) is 4.98 Å². The molecule has 0 aliphatic rings. The first kappa shape index (κ1) is 18.7. The van der Waals surface area contributed by atoms with E-state index in [0.29, 0.717) is 5.88 Å². The molecule has 0 aliphatic heterocycles. The predicted octanol–water partition coefficient (Wildman–Crippen LogP) is 5.29. The van der Waals surface area contributed by atoms with E-state index in [0.717, 1.165) is 40.9 Å². The van der Waals surface area contributed by atoms with E-state index in [4.69, 9.17) is 23.2 Å². The molecule has 0 fully saturated rings. The molecule has 0 atom stereocenters. The van der Waals surface area contributed by atoms with Crippen molar-refractivity contribution in [2.24, 2.45) is 0 Å². The van der Waals surface area contributed by atoms with Gasteiger partial charge in [-0.05, 0) is 18.1 Å². The zero-order chi connectivity index (χ0) is 14.4. The third kappa shape index (κ3) is 5.10. The molecule has 0 N–H and O–H groups in total. The molecule has 0 unspecified atom stereocenters. The summed E-state index contributed by atoms with van der Waals surface area (Å²) < 4.78 is 2.23. The summed E-state index contributed by atoms with van der Waals surface area (Å²) in [5, 5.41) is 1.84. The van der Waals surface area contributed by atoms with Crippen LogP contribution in [0.5, 0.6) is 0 Å². The highest BCUT2D eigenvalue weighted by Gasteiger charge is 2.11. The largest absolute Gasteiger partial charge is 0.319 e. The van der Waals surface area contributed by atoms with Crippen LogP contribution < -0.4 is 0 Å². The van der Waals surface area contributed by atoms with Gasteiger partial charge in [0.05, 0.1) is 6.54 Å². The van der Waals surface area contributed by atoms with Gasteiger partial charge in [0.25, 0.3) is 0 Å². The zero-order valence-electron chi connectivity index (χ0n) is 11.9. The first-order valence-electron chi connectivity index (χ1n) is 6.72. The van der Waals surface area contributed by atoms with Crippen LogP contribution in [0.15, 0.2) is 35.6 Å². The Morgan fingerprint density at radius 2 is 2.05 bits per heavy atom. The van der Waals surface area contributed by atoms with Crippen molar-refractivity contribution in [3.8, 4) is 0 Å². The van der Waals surface area contributed by atoms with Gasteiger partial charge in [0, 0.05) is 35.0 Å². The average Bonchev–Trinajstić information content (AvgIpc) is 2.82. The molecule has 21 heavy (non-hydrogen) atoms. The standard InChI is InChI=1S/C15H18Cl2N2S.ClH/c1-2-9-20-15-18-10-13(7-8-16)19(15)11-12-5-3-4-6-14(12)17;/h3-6,10H,2,7-9,11H2,1H3;1H. The van der Waals surface area contributed by atoms with Crippen LogP contribution in [0.3, 0.4) is 0 Å². The number of benzene rings is 1. The van der Waals surface area contributed by atoms with Gasteiger partial charge in [0.2, 0.25) is 0 Å². The van der Waals surface area contributed by atoms with Crippen LogP contribution in [0.1, 0.15) is 24.6 Å². The topological polar surface area (TPSA) is 17.8 Å². The minimum atomic E-state index is 0. The number of halogens is 3. The van der Waals surface area contributed by atoms with E-state index >= 15 is 0 Å². The first-order valence-corrected chi connectivity index (χ1v) is 8.62. The van der Waals surface area contributed by atoms with E-state index < -0.39 is 0 Å². The van der Waals surface area contributed by atoms with Crippen LogP contribution in [0, 0.1) is 0 Å². The van der Waals surface area contributed by atoms with Crippen LogP contribution in [-0.2, 0) is 13.0 Å². The zero-order valence-corrected chi connectivity index (χ0v) is 15.0. The van der Waals surface area contributed by atoms with Crippen LogP contribution >= 0.6 is 47.4 Å². The molecular weight excluding hydrogens is 347 g/mol. The fourth-order valence-corrected chi connectivity index (χ4v) is 3.20. The number of imidazole rings is 1. The highest BCUT2D eigenvalue weighted by molar-refractivity contribution is 7.99. The second kappa shape index (κ2) is 9.62. The van der Waals surface area contributed by atoms with Crippen molar-refractivity contribution in [1.29, 1.82) is 0 Å². The highest BCUT2D eigenvalue weighted by atomic mass is 35.5. The Morgan fingerprint density at radius 3 is 2.71 bits per heavy atom. The molecule has 2 aromatic rings. The van der Waals surface area contributed by atoms with E-state index in [1.807, 2.05) is 24.4 Å². The number of aromatic nitrogens is 2. The first-order chi connectivity index (χ1) is 9.76. The lowest BCUT2D eigenvalue weighted by molar-refractivity contribution is 0.674. The summed E-state index contributed by atoms with van der Waals surface area (Å²) >= 11 is 13.9. The third-order valence-corrected chi connectivity index (χ3v) is 4.73. The Bertz CT molecular complexity index is 558. The molecule has 2 rings (SSSR count). The van der Waals surface area contributed by atoms with Crippen molar-refractivity contribution in [2.75, 3.05) is 11.6 Å². The molecule has 1 aromatic carbocycles. The average molecular weight is 366 g/mol. The summed E-state index contributed by atoms with van der Waals surface area (Å²) in [7, 11) is 0. The number of hydrogen-bond acceptors (Lipinski definition) is 2. The van der Waals surface area contributed by atoms with E-state index in [2.05, 4.69) is 22.5 Å². The SMILES string of the molecule is CCCSc1ncc(CCCl)n1Cc1ccccc1Cl.Cl. The van der Waals surface area contributed by atoms with Gasteiger partial charge >= 0.3 is 0 Å². The number of thioether (sulfide) groups is 1. The molecule has 1 heterocycles. The van der Waals surface area contributed by atoms with Crippen molar-refractivity contribution >= 4 is 47.4 Å². The lowest BCUT2D eigenvalue weighted by Crippen LogP contribution is -2.07. The van der Waals surface area contributed by atoms with Gasteiger partial charge in [0.1, 0.15) is 0 Å². The summed E-state index contributed by atoms with van der Waals surface area (Å²) in [6, 6.07) is 7.94. The number of hydrogen-bond donors (Lipinski definition) is 0. The molecule has 1 aromatic heterocycles. The van der Waals surface area contributed by atoms with Gasteiger partial charge in [0.15, 0.2) is 5.16 Å². The maximum atomic E-state index is 6.26. The van der Waals surface area contributed by atoms with Gasteiger partial charge in [-0.15, -0.1) is 24.0 Å². The van der Waals surface area contributed by atoms with E-state index in [9.17, 15) is 0 Å². The molecule has 0 bridgehead atoms. The molecule has 0 spiro atoms. The minimum Gasteiger partial charge on any atom is -0.319 e. The van der Waals surface area contributed by atoms with E-state index in [-0.39, 0.29) is 12.4 Å². The second-order valence-corrected chi connectivity index (χ2v) is 6.34. The Kier molecular flexibility index (Phi) is 8.57. The summed E-state index contributed by atoms with van der Waals surface area (Å²) in [5.74, 6) is 1.67. The highest BCUT2D eigenvalue weighted by Crippen LogP contribution is 2.24. The normalized spacial score (nSPS) is 10.4. The Balaban J connectivity index is 0.00000220. The second-order valence-electron chi connectivity index (χ2n) is 4.50. The molecule has 0 radical (unpaired) electrons. The van der Waals surface area contributed by atoms with Gasteiger partial charge < -0.3 is 4.57 Å². The fourth-order valence-electron chi connectivity index (χ4n) is 1.96.